The molecule has 0 amide bonds. The SMILES string of the molecule is C/C=S(/NC1CCC(Oc2nc3ccc(C(F)(F)F)cc3[nH]2)CC1)C(C)C. The summed E-state index contributed by atoms with van der Waals surface area (Å²) in [4.78, 5) is 7.14. The van der Waals surface area contributed by atoms with Crippen molar-refractivity contribution in [1.82, 2.24) is 14.7 Å². The molecule has 0 aliphatic heterocycles. The number of ether oxygens (including phenoxy) is 1. The van der Waals surface area contributed by atoms with Gasteiger partial charge in [0.25, 0.3) is 6.01 Å². The van der Waals surface area contributed by atoms with Crippen LogP contribution in [0.2, 0.25) is 0 Å². The summed E-state index contributed by atoms with van der Waals surface area (Å²) in [5.41, 5.74) is 0.132. The second-order valence-corrected chi connectivity index (χ2v) is 9.53. The molecule has 1 saturated carbocycles. The van der Waals surface area contributed by atoms with E-state index in [1.165, 1.54) is 6.07 Å². The van der Waals surface area contributed by atoms with Crippen LogP contribution < -0.4 is 9.46 Å². The number of alkyl halides is 3. The zero-order valence-corrected chi connectivity index (χ0v) is 16.6. The van der Waals surface area contributed by atoms with Crippen molar-refractivity contribution in [3.63, 3.8) is 0 Å². The number of hydrogen-bond donors (Lipinski definition) is 2. The van der Waals surface area contributed by atoms with Gasteiger partial charge in [0.15, 0.2) is 0 Å². The van der Waals surface area contributed by atoms with E-state index in [2.05, 4.69) is 40.8 Å². The minimum atomic E-state index is -4.36. The number of H-pyrrole nitrogens is 1. The van der Waals surface area contributed by atoms with E-state index in [-0.39, 0.29) is 16.8 Å². The van der Waals surface area contributed by atoms with Gasteiger partial charge in [0.05, 0.1) is 16.6 Å². The van der Waals surface area contributed by atoms with Crippen molar-refractivity contribution in [2.24, 2.45) is 0 Å². The van der Waals surface area contributed by atoms with Gasteiger partial charge in [-0.3, -0.25) is 4.72 Å². The Kier molecular flexibility index (Phi) is 6.15. The van der Waals surface area contributed by atoms with E-state index in [1.54, 1.807) is 0 Å². The lowest BCUT2D eigenvalue weighted by atomic mass is 9.94. The summed E-state index contributed by atoms with van der Waals surface area (Å²) < 4.78 is 48.1. The molecular weight excluding hydrogens is 375 g/mol. The van der Waals surface area contributed by atoms with Gasteiger partial charge in [-0.05, 0) is 56.2 Å². The smallest absolute Gasteiger partial charge is 0.416 e. The fourth-order valence-corrected chi connectivity index (χ4v) is 4.92. The van der Waals surface area contributed by atoms with Gasteiger partial charge in [-0.15, -0.1) is 10.7 Å². The third-order valence-electron chi connectivity index (χ3n) is 4.80. The van der Waals surface area contributed by atoms with Gasteiger partial charge in [-0.2, -0.15) is 18.2 Å². The third kappa shape index (κ3) is 5.04. The molecule has 0 saturated heterocycles. The third-order valence-corrected chi connectivity index (χ3v) is 6.93. The van der Waals surface area contributed by atoms with Crippen LogP contribution in [0, 0.1) is 0 Å². The molecule has 1 aromatic carbocycles. The van der Waals surface area contributed by atoms with E-state index in [9.17, 15) is 13.2 Å². The first-order valence-corrected chi connectivity index (χ1v) is 10.6. The summed E-state index contributed by atoms with van der Waals surface area (Å²) in [6.45, 7) is 6.53. The minimum Gasteiger partial charge on any atom is -0.461 e. The number of hydrogen-bond acceptors (Lipinski definition) is 3. The molecule has 1 aromatic heterocycles. The zero-order chi connectivity index (χ0) is 19.6. The predicted octanol–water partition coefficient (Wildman–Crippen LogP) is 5.28. The second-order valence-electron chi connectivity index (χ2n) is 7.14. The Morgan fingerprint density at radius 2 is 1.96 bits per heavy atom. The molecule has 1 fully saturated rings. The predicted molar refractivity (Wildman–Crippen MR) is 105 cm³/mol. The molecule has 150 valence electrons. The molecule has 27 heavy (non-hydrogen) atoms. The molecule has 0 spiro atoms. The Labute approximate surface area is 160 Å². The van der Waals surface area contributed by atoms with Crippen LogP contribution in [-0.4, -0.2) is 32.7 Å². The molecular formula is C19H26F3N3OS. The number of rotatable bonds is 5. The van der Waals surface area contributed by atoms with E-state index in [1.807, 2.05) is 0 Å². The largest absolute Gasteiger partial charge is 0.461 e. The number of fused-ring (bicyclic) bond motifs is 1. The van der Waals surface area contributed by atoms with Gasteiger partial charge in [0, 0.05) is 11.3 Å². The van der Waals surface area contributed by atoms with Crippen molar-refractivity contribution in [3.8, 4) is 6.01 Å². The van der Waals surface area contributed by atoms with Crippen LogP contribution >= 0.6 is 10.7 Å². The first kappa shape index (κ1) is 20.2. The summed E-state index contributed by atoms with van der Waals surface area (Å²) in [7, 11) is 0.124. The van der Waals surface area contributed by atoms with Crippen LogP contribution in [0.5, 0.6) is 6.01 Å². The molecule has 1 heterocycles. The lowest BCUT2D eigenvalue weighted by molar-refractivity contribution is -0.137. The molecule has 4 nitrogen and oxygen atoms in total. The van der Waals surface area contributed by atoms with Gasteiger partial charge < -0.3 is 9.72 Å². The van der Waals surface area contributed by atoms with Crippen LogP contribution in [0.1, 0.15) is 52.0 Å². The molecule has 2 N–H and O–H groups in total. The van der Waals surface area contributed by atoms with Crippen LogP contribution in [-0.2, 0) is 6.18 Å². The highest BCUT2D eigenvalue weighted by atomic mass is 32.2. The molecule has 1 aliphatic rings. The standard InChI is InChI=1S/C19H26F3N3OS/c1-4-27(12(2)3)25-14-6-8-15(9-7-14)26-18-23-16-10-5-13(19(20,21)22)11-17(16)24-18/h4-5,10-12,14-15,25H,6-9H2,1-3H3,(H,23,24). The lowest BCUT2D eigenvalue weighted by Gasteiger charge is -2.30. The van der Waals surface area contributed by atoms with Crippen molar-refractivity contribution in [1.29, 1.82) is 0 Å². The van der Waals surface area contributed by atoms with Crippen molar-refractivity contribution in [2.75, 3.05) is 0 Å². The maximum absolute atomic E-state index is 12.8. The van der Waals surface area contributed by atoms with Crippen LogP contribution in [0.3, 0.4) is 0 Å². The maximum Gasteiger partial charge on any atom is 0.416 e. The van der Waals surface area contributed by atoms with Gasteiger partial charge in [-0.1, -0.05) is 13.8 Å². The molecule has 1 unspecified atom stereocenters. The molecule has 1 aliphatic carbocycles. The topological polar surface area (TPSA) is 49.9 Å². The fraction of sp³-hybridized carbons (Fsp3) is 0.579. The van der Waals surface area contributed by atoms with Crippen LogP contribution in [0.15, 0.2) is 18.2 Å². The molecule has 2 aromatic rings. The average Bonchev–Trinajstić information content (AvgIpc) is 3.01. The lowest BCUT2D eigenvalue weighted by Crippen LogP contribution is -2.35. The Morgan fingerprint density at radius 3 is 2.56 bits per heavy atom. The van der Waals surface area contributed by atoms with Gasteiger partial charge in [-0.25, -0.2) is 0 Å². The minimum absolute atomic E-state index is 0.0390. The maximum atomic E-state index is 12.8. The number of nitrogens with zero attached hydrogens (tertiary/aromatic N) is 1. The Morgan fingerprint density at radius 1 is 1.26 bits per heavy atom. The number of benzene rings is 1. The highest BCUT2D eigenvalue weighted by Crippen LogP contribution is 2.32. The van der Waals surface area contributed by atoms with E-state index in [0.29, 0.717) is 28.3 Å². The van der Waals surface area contributed by atoms with E-state index >= 15 is 0 Å². The quantitative estimate of drug-likeness (QED) is 0.671. The molecule has 0 radical (unpaired) electrons. The van der Waals surface area contributed by atoms with E-state index < -0.39 is 11.7 Å². The summed E-state index contributed by atoms with van der Waals surface area (Å²) in [6.07, 6.45) is -0.475. The zero-order valence-electron chi connectivity index (χ0n) is 15.8. The summed E-state index contributed by atoms with van der Waals surface area (Å²) >= 11 is 0. The average molecular weight is 401 g/mol. The van der Waals surface area contributed by atoms with Gasteiger partial charge >= 0.3 is 6.18 Å². The fourth-order valence-electron chi connectivity index (χ4n) is 3.34. The Hall–Kier alpha value is -1.54. The molecule has 0 bridgehead atoms. The van der Waals surface area contributed by atoms with Crippen LogP contribution in [0.4, 0.5) is 13.2 Å². The van der Waals surface area contributed by atoms with Gasteiger partial charge in [0.1, 0.15) is 6.10 Å². The number of nitrogens with one attached hydrogen (secondary N) is 2. The van der Waals surface area contributed by atoms with Crippen molar-refractivity contribution in [2.45, 2.75) is 70.0 Å². The van der Waals surface area contributed by atoms with Gasteiger partial charge in [0.2, 0.25) is 0 Å². The Balaban J connectivity index is 1.59. The van der Waals surface area contributed by atoms with E-state index in [0.717, 1.165) is 37.8 Å². The van der Waals surface area contributed by atoms with Crippen molar-refractivity contribution in [3.05, 3.63) is 23.8 Å². The summed E-state index contributed by atoms with van der Waals surface area (Å²) in [6, 6.07) is 4.27. The number of imidazole rings is 1. The number of aromatic amines is 1. The summed E-state index contributed by atoms with van der Waals surface area (Å²) in [5, 5.41) is 2.82. The highest BCUT2D eigenvalue weighted by Gasteiger charge is 2.31. The normalized spacial score (nSPS) is 22.5. The first-order valence-electron chi connectivity index (χ1n) is 9.27. The van der Waals surface area contributed by atoms with Crippen molar-refractivity contribution < 1.29 is 17.9 Å². The first-order chi connectivity index (χ1) is 12.8. The number of halogens is 3. The Bertz CT molecular complexity index is 808. The monoisotopic (exact) mass is 401 g/mol. The highest BCUT2D eigenvalue weighted by molar-refractivity contribution is 8.13. The summed E-state index contributed by atoms with van der Waals surface area (Å²) in [5.74, 6) is 0. The van der Waals surface area contributed by atoms with Crippen molar-refractivity contribution >= 4 is 27.1 Å². The number of aromatic nitrogens is 2. The molecule has 1 atom stereocenters. The van der Waals surface area contributed by atoms with Crippen LogP contribution in [0.25, 0.3) is 11.0 Å². The second kappa shape index (κ2) is 8.22. The van der Waals surface area contributed by atoms with E-state index in [4.69, 9.17) is 4.74 Å². The molecule has 3 rings (SSSR count). The molecule has 8 heteroatoms.